The molecule has 0 amide bonds. The molecule has 0 bridgehead atoms. The molecule has 0 spiro atoms. The van der Waals surface area contributed by atoms with E-state index in [1.807, 2.05) is 30.3 Å². The van der Waals surface area contributed by atoms with Crippen molar-refractivity contribution in [1.29, 1.82) is 0 Å². The molecule has 16 heavy (non-hydrogen) atoms. The van der Waals surface area contributed by atoms with Gasteiger partial charge in [-0.25, -0.2) is 0 Å². The molecule has 0 unspecified atom stereocenters. The van der Waals surface area contributed by atoms with Gasteiger partial charge in [0.1, 0.15) is 5.78 Å². The lowest BCUT2D eigenvalue weighted by Crippen LogP contribution is -2.21. The van der Waals surface area contributed by atoms with Crippen molar-refractivity contribution in [2.75, 3.05) is 0 Å². The monoisotopic (exact) mass is 218 g/mol. The number of Topliss-reactive ketones (excluding diaryl/α,β-unsaturated/α-hetero) is 1. The van der Waals surface area contributed by atoms with Gasteiger partial charge in [-0.1, -0.05) is 43.2 Å². The molecule has 0 aromatic heterocycles. The summed E-state index contributed by atoms with van der Waals surface area (Å²) >= 11 is 0. The largest absolute Gasteiger partial charge is 0.388 e. The van der Waals surface area contributed by atoms with Crippen LogP contribution in [0.25, 0.3) is 0 Å². The fraction of sp³-hybridized carbons (Fsp3) is 0.500. The van der Waals surface area contributed by atoms with E-state index >= 15 is 0 Å². The summed E-state index contributed by atoms with van der Waals surface area (Å²) in [5, 5.41) is 10.2. The number of carbonyl (C=O) groups is 1. The number of carbonyl (C=O) groups excluding carboxylic acids is 1. The van der Waals surface area contributed by atoms with E-state index in [4.69, 9.17) is 0 Å². The SMILES string of the molecule is O=C1CCCCC[C@H]1[C@@H](O)c1ccccc1. The van der Waals surface area contributed by atoms with Gasteiger partial charge in [0, 0.05) is 12.3 Å². The first-order valence-electron chi connectivity index (χ1n) is 6.05. The Kier molecular flexibility index (Phi) is 3.73. The third-order valence-corrected chi connectivity index (χ3v) is 3.37. The molecule has 2 nitrogen and oxygen atoms in total. The minimum Gasteiger partial charge on any atom is -0.388 e. The lowest BCUT2D eigenvalue weighted by atomic mass is 9.88. The number of benzene rings is 1. The summed E-state index contributed by atoms with van der Waals surface area (Å²) in [5.41, 5.74) is 0.864. The average molecular weight is 218 g/mol. The van der Waals surface area contributed by atoms with E-state index in [0.29, 0.717) is 6.42 Å². The maximum absolute atomic E-state index is 11.9. The quantitative estimate of drug-likeness (QED) is 0.775. The van der Waals surface area contributed by atoms with Gasteiger partial charge in [0.2, 0.25) is 0 Å². The second-order valence-electron chi connectivity index (χ2n) is 4.53. The molecule has 1 aromatic rings. The van der Waals surface area contributed by atoms with Crippen LogP contribution < -0.4 is 0 Å². The van der Waals surface area contributed by atoms with Crippen molar-refractivity contribution in [3.05, 3.63) is 35.9 Å². The Balaban J connectivity index is 2.13. The van der Waals surface area contributed by atoms with Gasteiger partial charge in [-0.15, -0.1) is 0 Å². The van der Waals surface area contributed by atoms with Gasteiger partial charge in [-0.2, -0.15) is 0 Å². The molecule has 1 aromatic carbocycles. The number of aliphatic hydroxyl groups is 1. The van der Waals surface area contributed by atoms with Crippen LogP contribution in [0.15, 0.2) is 30.3 Å². The third-order valence-electron chi connectivity index (χ3n) is 3.37. The molecule has 2 rings (SSSR count). The smallest absolute Gasteiger partial charge is 0.138 e. The maximum atomic E-state index is 11.9. The summed E-state index contributed by atoms with van der Waals surface area (Å²) in [4.78, 5) is 11.9. The van der Waals surface area contributed by atoms with E-state index in [2.05, 4.69) is 0 Å². The molecule has 1 aliphatic carbocycles. The highest BCUT2D eigenvalue weighted by Crippen LogP contribution is 2.31. The van der Waals surface area contributed by atoms with Crippen molar-refractivity contribution in [3.63, 3.8) is 0 Å². The summed E-state index contributed by atoms with van der Waals surface area (Å²) in [6.45, 7) is 0. The summed E-state index contributed by atoms with van der Waals surface area (Å²) in [6, 6.07) is 9.51. The van der Waals surface area contributed by atoms with Crippen LogP contribution in [0.5, 0.6) is 0 Å². The van der Waals surface area contributed by atoms with Gasteiger partial charge in [-0.3, -0.25) is 4.79 Å². The number of ketones is 1. The van der Waals surface area contributed by atoms with Crippen LogP contribution in [0.2, 0.25) is 0 Å². The van der Waals surface area contributed by atoms with Crippen molar-refractivity contribution < 1.29 is 9.90 Å². The van der Waals surface area contributed by atoms with Gasteiger partial charge in [0.25, 0.3) is 0 Å². The molecular formula is C14H18O2. The van der Waals surface area contributed by atoms with Crippen molar-refractivity contribution in [2.24, 2.45) is 5.92 Å². The van der Waals surface area contributed by atoms with E-state index in [1.54, 1.807) is 0 Å². The highest BCUT2D eigenvalue weighted by Gasteiger charge is 2.28. The summed E-state index contributed by atoms with van der Waals surface area (Å²) < 4.78 is 0. The van der Waals surface area contributed by atoms with Crippen molar-refractivity contribution in [2.45, 2.75) is 38.2 Å². The Morgan fingerprint density at radius 3 is 2.62 bits per heavy atom. The molecule has 0 aliphatic heterocycles. The standard InChI is InChI=1S/C14H18O2/c15-13-10-6-2-5-9-12(13)14(16)11-7-3-1-4-8-11/h1,3-4,7-8,12,14,16H,2,5-6,9-10H2/t12-,14+/m1/s1. The summed E-state index contributed by atoms with van der Waals surface area (Å²) in [7, 11) is 0. The Morgan fingerprint density at radius 2 is 1.88 bits per heavy atom. The first kappa shape index (κ1) is 11.3. The second kappa shape index (κ2) is 5.26. The van der Waals surface area contributed by atoms with Gasteiger partial charge in [0.05, 0.1) is 6.10 Å². The molecular weight excluding hydrogens is 200 g/mol. The van der Waals surface area contributed by atoms with Gasteiger partial charge in [0.15, 0.2) is 0 Å². The Bertz CT molecular complexity index is 345. The Morgan fingerprint density at radius 1 is 1.12 bits per heavy atom. The first-order valence-corrected chi connectivity index (χ1v) is 6.05. The highest BCUT2D eigenvalue weighted by molar-refractivity contribution is 5.81. The molecule has 0 saturated heterocycles. The highest BCUT2D eigenvalue weighted by atomic mass is 16.3. The molecule has 0 radical (unpaired) electrons. The van der Waals surface area contributed by atoms with E-state index < -0.39 is 6.10 Å². The predicted octanol–water partition coefficient (Wildman–Crippen LogP) is 2.87. The van der Waals surface area contributed by atoms with E-state index in [9.17, 15) is 9.90 Å². The van der Waals surface area contributed by atoms with Crippen LogP contribution in [-0.4, -0.2) is 10.9 Å². The minimum absolute atomic E-state index is 0.190. The van der Waals surface area contributed by atoms with Crippen molar-refractivity contribution >= 4 is 5.78 Å². The zero-order valence-electron chi connectivity index (χ0n) is 9.43. The first-order chi connectivity index (χ1) is 7.79. The molecule has 2 heteroatoms. The fourth-order valence-electron chi connectivity index (χ4n) is 2.40. The number of aliphatic hydroxyl groups excluding tert-OH is 1. The van der Waals surface area contributed by atoms with Crippen LogP contribution in [-0.2, 0) is 4.79 Å². The topological polar surface area (TPSA) is 37.3 Å². The summed E-state index contributed by atoms with van der Waals surface area (Å²) in [6.07, 6.45) is 4.00. The lowest BCUT2D eigenvalue weighted by molar-refractivity contribution is -0.126. The Hall–Kier alpha value is -1.15. The maximum Gasteiger partial charge on any atom is 0.138 e. The van der Waals surface area contributed by atoms with Crippen molar-refractivity contribution in [1.82, 2.24) is 0 Å². The van der Waals surface area contributed by atoms with Gasteiger partial charge >= 0.3 is 0 Å². The predicted molar refractivity (Wildman–Crippen MR) is 63.0 cm³/mol. The van der Waals surface area contributed by atoms with Crippen LogP contribution >= 0.6 is 0 Å². The Labute approximate surface area is 96.3 Å². The molecule has 1 N–H and O–H groups in total. The zero-order chi connectivity index (χ0) is 11.4. The van der Waals surface area contributed by atoms with Crippen molar-refractivity contribution in [3.8, 4) is 0 Å². The normalized spacial score (nSPS) is 23.8. The van der Waals surface area contributed by atoms with Gasteiger partial charge < -0.3 is 5.11 Å². The average Bonchev–Trinajstić information content (AvgIpc) is 2.54. The molecule has 1 aliphatic rings. The molecule has 0 heterocycles. The summed E-state index contributed by atoms with van der Waals surface area (Å²) in [5.74, 6) is 0.0405. The molecule has 2 atom stereocenters. The number of hydrogen-bond acceptors (Lipinski definition) is 2. The van der Waals surface area contributed by atoms with Crippen LogP contribution in [0.1, 0.15) is 43.8 Å². The van der Waals surface area contributed by atoms with E-state index in [1.165, 1.54) is 0 Å². The molecule has 1 saturated carbocycles. The fourth-order valence-corrected chi connectivity index (χ4v) is 2.40. The minimum atomic E-state index is -0.619. The van der Waals surface area contributed by atoms with E-state index in [-0.39, 0.29) is 11.7 Å². The third kappa shape index (κ3) is 2.50. The number of rotatable bonds is 2. The van der Waals surface area contributed by atoms with Gasteiger partial charge in [-0.05, 0) is 18.4 Å². The molecule has 1 fully saturated rings. The van der Waals surface area contributed by atoms with Crippen LogP contribution in [0.4, 0.5) is 0 Å². The van der Waals surface area contributed by atoms with Crippen LogP contribution in [0, 0.1) is 5.92 Å². The second-order valence-corrected chi connectivity index (χ2v) is 4.53. The zero-order valence-corrected chi connectivity index (χ0v) is 9.43. The van der Waals surface area contributed by atoms with Crippen LogP contribution in [0.3, 0.4) is 0 Å². The molecule has 86 valence electrons. The lowest BCUT2D eigenvalue weighted by Gasteiger charge is -2.20. The van der Waals surface area contributed by atoms with E-state index in [0.717, 1.165) is 31.2 Å². The number of hydrogen-bond donors (Lipinski definition) is 1.